The van der Waals surface area contributed by atoms with E-state index in [1.807, 2.05) is 18.2 Å². The van der Waals surface area contributed by atoms with Gasteiger partial charge in [-0.15, -0.1) is 0 Å². The highest BCUT2D eigenvalue weighted by molar-refractivity contribution is 5.89. The summed E-state index contributed by atoms with van der Waals surface area (Å²) in [4.78, 5) is 1.67. The molecule has 2 N–H and O–H groups in total. The van der Waals surface area contributed by atoms with Crippen LogP contribution in [0.4, 0.5) is 5.82 Å². The van der Waals surface area contributed by atoms with Gasteiger partial charge in [-0.05, 0) is 34.9 Å². The Morgan fingerprint density at radius 3 is 2.64 bits per heavy atom. The molecule has 0 fully saturated rings. The van der Waals surface area contributed by atoms with Gasteiger partial charge in [0.1, 0.15) is 11.5 Å². The molecule has 0 radical (unpaired) electrons. The number of guanidine groups is 1. The van der Waals surface area contributed by atoms with E-state index in [1.165, 1.54) is 10.9 Å². The SMILES string of the molecule is COc1ccc2cc(CCc3cc(NC(=N)N(C)C)no3)ccc2c1. The van der Waals surface area contributed by atoms with Crippen LogP contribution < -0.4 is 10.1 Å². The minimum absolute atomic E-state index is 0.268. The van der Waals surface area contributed by atoms with Gasteiger partial charge in [0.15, 0.2) is 11.8 Å². The third-order valence-electron chi connectivity index (χ3n) is 4.02. The number of fused-ring (bicyclic) bond motifs is 1. The summed E-state index contributed by atoms with van der Waals surface area (Å²) in [5.74, 6) is 2.48. The van der Waals surface area contributed by atoms with Crippen LogP contribution in [0.5, 0.6) is 5.75 Å². The third-order valence-corrected chi connectivity index (χ3v) is 4.02. The molecule has 1 aromatic heterocycles. The van der Waals surface area contributed by atoms with Crippen molar-refractivity contribution in [3.05, 3.63) is 53.8 Å². The molecule has 2 aromatic carbocycles. The molecule has 25 heavy (non-hydrogen) atoms. The predicted molar refractivity (Wildman–Crippen MR) is 99.4 cm³/mol. The van der Waals surface area contributed by atoms with E-state index in [0.29, 0.717) is 5.82 Å². The van der Waals surface area contributed by atoms with Crippen molar-refractivity contribution in [1.82, 2.24) is 10.1 Å². The van der Waals surface area contributed by atoms with E-state index in [-0.39, 0.29) is 5.96 Å². The molecule has 6 heteroatoms. The summed E-state index contributed by atoms with van der Waals surface area (Å²) in [5, 5.41) is 17.0. The fourth-order valence-electron chi connectivity index (χ4n) is 2.55. The molecule has 3 rings (SSSR count). The smallest absolute Gasteiger partial charge is 0.196 e. The maximum absolute atomic E-state index is 7.76. The monoisotopic (exact) mass is 338 g/mol. The molecular formula is C19H22N4O2. The van der Waals surface area contributed by atoms with Crippen molar-refractivity contribution >= 4 is 22.5 Å². The highest BCUT2D eigenvalue weighted by Crippen LogP contribution is 2.22. The quantitative estimate of drug-likeness (QED) is 0.550. The minimum Gasteiger partial charge on any atom is -0.497 e. The molecule has 130 valence electrons. The lowest BCUT2D eigenvalue weighted by Crippen LogP contribution is -2.28. The Morgan fingerprint density at radius 2 is 1.88 bits per heavy atom. The zero-order chi connectivity index (χ0) is 17.8. The molecule has 0 unspecified atom stereocenters. The van der Waals surface area contributed by atoms with E-state index in [1.54, 1.807) is 26.1 Å². The Balaban J connectivity index is 1.64. The Hall–Kier alpha value is -3.02. The maximum atomic E-state index is 7.76. The lowest BCUT2D eigenvalue weighted by atomic mass is 10.0. The van der Waals surface area contributed by atoms with Crippen molar-refractivity contribution < 1.29 is 9.26 Å². The minimum atomic E-state index is 0.268. The second-order valence-electron chi connectivity index (χ2n) is 6.09. The van der Waals surface area contributed by atoms with Gasteiger partial charge in [-0.1, -0.05) is 29.4 Å². The average molecular weight is 338 g/mol. The number of anilines is 1. The van der Waals surface area contributed by atoms with Crippen LogP contribution in [0.3, 0.4) is 0 Å². The first-order valence-electron chi connectivity index (χ1n) is 8.10. The number of methoxy groups -OCH3 is 1. The van der Waals surface area contributed by atoms with Gasteiger partial charge in [0.25, 0.3) is 0 Å². The van der Waals surface area contributed by atoms with Gasteiger partial charge >= 0.3 is 0 Å². The van der Waals surface area contributed by atoms with Crippen LogP contribution >= 0.6 is 0 Å². The number of aromatic nitrogens is 1. The number of ether oxygens (including phenoxy) is 1. The van der Waals surface area contributed by atoms with Gasteiger partial charge in [0.05, 0.1) is 7.11 Å². The van der Waals surface area contributed by atoms with Crippen molar-refractivity contribution in [2.24, 2.45) is 0 Å². The number of aryl methyl sites for hydroxylation is 2. The number of hydrogen-bond acceptors (Lipinski definition) is 4. The van der Waals surface area contributed by atoms with Gasteiger partial charge in [-0.25, -0.2) is 0 Å². The molecular weight excluding hydrogens is 316 g/mol. The van der Waals surface area contributed by atoms with Gasteiger partial charge in [0, 0.05) is 26.6 Å². The molecule has 0 spiro atoms. The van der Waals surface area contributed by atoms with Gasteiger partial charge in [-0.2, -0.15) is 0 Å². The predicted octanol–water partition coefficient (Wildman–Crippen LogP) is 3.53. The summed E-state index contributed by atoms with van der Waals surface area (Å²) < 4.78 is 10.6. The summed E-state index contributed by atoms with van der Waals surface area (Å²) in [6.07, 6.45) is 1.62. The third kappa shape index (κ3) is 4.09. The molecule has 0 amide bonds. The van der Waals surface area contributed by atoms with Crippen molar-refractivity contribution in [2.45, 2.75) is 12.8 Å². The molecule has 1 heterocycles. The lowest BCUT2D eigenvalue weighted by molar-refractivity contribution is 0.385. The van der Waals surface area contributed by atoms with E-state index in [4.69, 9.17) is 14.7 Å². The van der Waals surface area contributed by atoms with E-state index < -0.39 is 0 Å². The lowest BCUT2D eigenvalue weighted by Gasteiger charge is -2.12. The highest BCUT2D eigenvalue weighted by Gasteiger charge is 2.07. The first kappa shape index (κ1) is 16.8. The highest BCUT2D eigenvalue weighted by atomic mass is 16.5. The standard InChI is InChI=1S/C19H22N4O2/c1-23(2)19(20)21-18-12-17(25-22-18)8-5-13-4-6-15-11-16(24-3)9-7-14(15)10-13/h4,6-7,9-12H,5,8H2,1-3H3,(H2,20,21,22). The average Bonchev–Trinajstić information content (AvgIpc) is 3.06. The van der Waals surface area contributed by atoms with Crippen LogP contribution in [0, 0.1) is 5.41 Å². The molecule has 0 atom stereocenters. The molecule has 0 bridgehead atoms. The fourth-order valence-corrected chi connectivity index (χ4v) is 2.55. The van der Waals surface area contributed by atoms with Gasteiger partial charge < -0.3 is 19.5 Å². The topological polar surface area (TPSA) is 74.4 Å². The van der Waals surface area contributed by atoms with Crippen molar-refractivity contribution in [3.8, 4) is 5.75 Å². The largest absolute Gasteiger partial charge is 0.497 e. The van der Waals surface area contributed by atoms with E-state index >= 15 is 0 Å². The summed E-state index contributed by atoms with van der Waals surface area (Å²) >= 11 is 0. The number of nitrogens with zero attached hydrogens (tertiary/aromatic N) is 2. The first-order chi connectivity index (χ1) is 12.0. The first-order valence-corrected chi connectivity index (χ1v) is 8.10. The van der Waals surface area contributed by atoms with Crippen molar-refractivity contribution in [1.29, 1.82) is 5.41 Å². The summed E-state index contributed by atoms with van der Waals surface area (Å²) in [5.41, 5.74) is 1.24. The summed E-state index contributed by atoms with van der Waals surface area (Å²) in [6.45, 7) is 0. The van der Waals surface area contributed by atoms with Crippen LogP contribution in [0.25, 0.3) is 10.8 Å². The number of nitrogens with one attached hydrogen (secondary N) is 2. The molecule has 0 aliphatic rings. The summed E-state index contributed by atoms with van der Waals surface area (Å²) in [7, 11) is 5.27. The van der Waals surface area contributed by atoms with Gasteiger partial charge in [-0.3, -0.25) is 5.41 Å². The van der Waals surface area contributed by atoms with E-state index in [2.05, 4.69) is 34.7 Å². The van der Waals surface area contributed by atoms with Crippen LogP contribution in [0.15, 0.2) is 47.0 Å². The van der Waals surface area contributed by atoms with Gasteiger partial charge in [0.2, 0.25) is 0 Å². The zero-order valence-electron chi connectivity index (χ0n) is 14.7. The second kappa shape index (κ2) is 7.25. The van der Waals surface area contributed by atoms with Crippen LogP contribution in [-0.2, 0) is 12.8 Å². The Morgan fingerprint density at radius 1 is 1.12 bits per heavy atom. The Labute approximate surface area is 146 Å². The summed E-state index contributed by atoms with van der Waals surface area (Å²) in [6, 6.07) is 14.3. The van der Waals surface area contributed by atoms with Crippen LogP contribution in [0.1, 0.15) is 11.3 Å². The number of benzene rings is 2. The van der Waals surface area contributed by atoms with Crippen LogP contribution in [0.2, 0.25) is 0 Å². The van der Waals surface area contributed by atoms with Crippen molar-refractivity contribution in [2.75, 3.05) is 26.5 Å². The maximum Gasteiger partial charge on any atom is 0.196 e. The Bertz CT molecular complexity index is 886. The molecule has 0 saturated carbocycles. The van der Waals surface area contributed by atoms with Crippen LogP contribution in [-0.4, -0.2) is 37.2 Å². The fraction of sp³-hybridized carbons (Fsp3) is 0.263. The molecule has 6 nitrogen and oxygen atoms in total. The molecule has 0 aliphatic carbocycles. The zero-order valence-corrected chi connectivity index (χ0v) is 14.7. The molecule has 0 saturated heterocycles. The number of hydrogen-bond donors (Lipinski definition) is 2. The number of rotatable bonds is 5. The second-order valence-corrected chi connectivity index (χ2v) is 6.09. The molecule has 3 aromatic rings. The Kier molecular flexibility index (Phi) is 4.88. The van der Waals surface area contributed by atoms with E-state index in [0.717, 1.165) is 29.7 Å². The normalized spacial score (nSPS) is 10.7. The van der Waals surface area contributed by atoms with E-state index in [9.17, 15) is 0 Å². The molecule has 0 aliphatic heterocycles. The van der Waals surface area contributed by atoms with Crippen molar-refractivity contribution in [3.63, 3.8) is 0 Å².